The number of aliphatic hydroxyl groups excluding tert-OH is 1. The molecule has 290 valence electrons. The van der Waals surface area contributed by atoms with Crippen LogP contribution in [-0.4, -0.2) is 58.8 Å². The number of benzene rings is 2. The number of nitrogens with zero attached hydrogens (tertiary/aromatic N) is 1. The summed E-state index contributed by atoms with van der Waals surface area (Å²) in [5, 5.41) is 27.4. The molecule has 0 aliphatic heterocycles. The van der Waals surface area contributed by atoms with E-state index in [4.69, 9.17) is 4.74 Å². The fraction of sp³-hybridized carbons (Fsp3) is 0.565. The maximum atomic E-state index is 14.5. The Hall–Kier alpha value is -3.46. The number of anilines is 1. The number of rotatable bonds is 8. The molecule has 1 heterocycles. The average Bonchev–Trinajstić information content (AvgIpc) is 3.69. The van der Waals surface area contributed by atoms with E-state index in [9.17, 15) is 19.8 Å². The first-order valence-corrected chi connectivity index (χ1v) is 21.0. The molecule has 4 fully saturated rings. The molecule has 0 radical (unpaired) electrons. The summed E-state index contributed by atoms with van der Waals surface area (Å²) in [5.41, 5.74) is 2.95. The summed E-state index contributed by atoms with van der Waals surface area (Å²) in [7, 11) is 1.63. The number of amides is 2. The van der Waals surface area contributed by atoms with Crippen LogP contribution >= 0.6 is 11.3 Å². The summed E-state index contributed by atoms with van der Waals surface area (Å²) in [5.74, 6) is 2.30. The normalized spacial score (nSPS) is 30.4. The van der Waals surface area contributed by atoms with Gasteiger partial charge in [0.2, 0.25) is 5.78 Å². The number of hydrogen-bond acceptors (Lipinski definition) is 6. The van der Waals surface area contributed by atoms with Crippen molar-refractivity contribution in [2.45, 2.75) is 116 Å². The third-order valence-electron chi connectivity index (χ3n) is 14.4. The van der Waals surface area contributed by atoms with Gasteiger partial charge in [-0.25, -0.2) is 4.79 Å². The number of aryl methyl sites for hydroxylation is 1. The zero-order valence-corrected chi connectivity index (χ0v) is 33.9. The van der Waals surface area contributed by atoms with E-state index < -0.39 is 17.1 Å². The van der Waals surface area contributed by atoms with Gasteiger partial charge in [0, 0.05) is 28.1 Å². The van der Waals surface area contributed by atoms with Crippen LogP contribution in [0.15, 0.2) is 66.2 Å². The van der Waals surface area contributed by atoms with Crippen LogP contribution in [0.25, 0.3) is 0 Å². The van der Waals surface area contributed by atoms with Gasteiger partial charge in [-0.1, -0.05) is 44.6 Å². The molecule has 0 unspecified atom stereocenters. The van der Waals surface area contributed by atoms with Crippen LogP contribution in [0.1, 0.15) is 123 Å². The maximum absolute atomic E-state index is 14.5. The summed E-state index contributed by atoms with van der Waals surface area (Å²) >= 11 is 1.51. The number of hydrogen-bond donors (Lipinski definition) is 3. The monoisotopic (exact) mass is 752 g/mol. The second-order valence-corrected chi connectivity index (χ2v) is 19.2. The number of nitrogens with one attached hydrogen (secondary N) is 1. The van der Waals surface area contributed by atoms with Crippen LogP contribution in [0.4, 0.5) is 10.5 Å². The molecule has 4 saturated carbocycles. The Morgan fingerprint density at radius 3 is 2.44 bits per heavy atom. The van der Waals surface area contributed by atoms with Crippen molar-refractivity contribution in [2.75, 3.05) is 25.5 Å². The number of ether oxygens (including phenoxy) is 1. The van der Waals surface area contributed by atoms with Crippen LogP contribution in [0.3, 0.4) is 0 Å². The van der Waals surface area contributed by atoms with Crippen LogP contribution in [0.2, 0.25) is 0 Å². The number of fused-ring (bicyclic) bond motifs is 10. The minimum Gasteiger partial charge on any atom is -0.497 e. The fourth-order valence-corrected chi connectivity index (χ4v) is 11.6. The Kier molecular flexibility index (Phi) is 10.9. The molecule has 3 aromatic rings. The maximum Gasteiger partial charge on any atom is 0.321 e. The fourth-order valence-electron chi connectivity index (χ4n) is 10.8. The lowest BCUT2D eigenvalue weighted by Crippen LogP contribution is -2.58. The first kappa shape index (κ1) is 38.8. The molecule has 8 heteroatoms. The number of urea groups is 1. The lowest BCUT2D eigenvalue weighted by atomic mass is 9.45. The van der Waals surface area contributed by atoms with Gasteiger partial charge in [0.25, 0.3) is 0 Å². The lowest BCUT2D eigenvalue weighted by Gasteiger charge is -2.60. The van der Waals surface area contributed by atoms with Crippen molar-refractivity contribution in [3.63, 3.8) is 0 Å². The van der Waals surface area contributed by atoms with Gasteiger partial charge in [0.05, 0.1) is 30.2 Å². The highest BCUT2D eigenvalue weighted by Gasteiger charge is 2.59. The van der Waals surface area contributed by atoms with E-state index in [-0.39, 0.29) is 29.7 Å². The number of allylic oxidation sites excluding steroid dienone is 2. The molecular formula is C46H60N2O5S. The Bertz CT molecular complexity index is 1880. The van der Waals surface area contributed by atoms with Crippen molar-refractivity contribution in [1.82, 2.24) is 4.90 Å². The lowest BCUT2D eigenvalue weighted by molar-refractivity contribution is -0.117. The molecule has 9 rings (SSSR count). The number of methoxy groups -OCH3 is 1. The van der Waals surface area contributed by atoms with Gasteiger partial charge in [0.15, 0.2) is 0 Å². The Balaban J connectivity index is 1.26. The second-order valence-electron chi connectivity index (χ2n) is 17.9. The molecule has 1 aromatic heterocycles. The van der Waals surface area contributed by atoms with Crippen molar-refractivity contribution >= 4 is 28.8 Å². The van der Waals surface area contributed by atoms with Crippen molar-refractivity contribution in [3.05, 3.63) is 92.7 Å². The number of aliphatic hydroxyl groups is 2. The third-order valence-corrected chi connectivity index (χ3v) is 15.4. The molecule has 2 amide bonds. The minimum atomic E-state index is -1.20. The summed E-state index contributed by atoms with van der Waals surface area (Å²) in [6, 6.07) is 17.3. The van der Waals surface area contributed by atoms with E-state index in [0.717, 1.165) is 46.9 Å². The van der Waals surface area contributed by atoms with Crippen molar-refractivity contribution in [2.24, 2.45) is 28.6 Å². The third kappa shape index (κ3) is 7.43. The summed E-state index contributed by atoms with van der Waals surface area (Å²) in [4.78, 5) is 32.6. The summed E-state index contributed by atoms with van der Waals surface area (Å²) < 4.78 is 5.36. The Morgan fingerprint density at radius 2 is 1.76 bits per heavy atom. The molecular weight excluding hydrogens is 693 g/mol. The van der Waals surface area contributed by atoms with Crippen molar-refractivity contribution in [1.29, 1.82) is 0 Å². The molecule has 0 saturated heterocycles. The number of carbonyl (C=O) groups is 2. The molecule has 3 N–H and O–H groups in total. The zero-order chi connectivity index (χ0) is 38.4. The highest BCUT2D eigenvalue weighted by atomic mass is 32.1. The molecule has 54 heavy (non-hydrogen) atoms. The standard InChI is InChI=1S/C46H60N2O5S/c1-29-8-7-22-45(5)39(37-19-11-31(24-35(49)16-9-29)25-38(37)42(50)41-20-10-30(2)54-41)21-23-46(45,52)28-48(27-32-12-13-33-26-40(32)44(33,3)4)43(51)47-34-14-17-36(53-6)18-15-34/h8,10-11,14-15,17-20,25,32-33,35,39-40,49,52H,7,9,12-13,16,21-24,26-28H2,1-6H3,(H,47,51)/t32-,33-,35-,39-,40-,45-,46+/m0/s1. The quantitative estimate of drug-likeness (QED) is 0.157. The second kappa shape index (κ2) is 15.2. The largest absolute Gasteiger partial charge is 0.497 e. The van der Waals surface area contributed by atoms with Gasteiger partial charge in [-0.2, -0.15) is 0 Å². The van der Waals surface area contributed by atoms with E-state index in [1.165, 1.54) is 29.8 Å². The molecule has 2 aromatic carbocycles. The first-order chi connectivity index (χ1) is 25.7. The Morgan fingerprint density at radius 1 is 0.981 bits per heavy atom. The van der Waals surface area contributed by atoms with E-state index in [2.05, 4.69) is 51.2 Å². The van der Waals surface area contributed by atoms with Gasteiger partial charge in [0.1, 0.15) is 5.75 Å². The highest BCUT2D eigenvalue weighted by Crippen LogP contribution is 2.62. The van der Waals surface area contributed by atoms with E-state index in [1.54, 1.807) is 7.11 Å². The van der Waals surface area contributed by atoms with Gasteiger partial charge in [-0.3, -0.25) is 4.79 Å². The topological polar surface area (TPSA) is 99.1 Å². The smallest absolute Gasteiger partial charge is 0.321 e. The number of ketones is 1. The van der Waals surface area contributed by atoms with Crippen molar-refractivity contribution in [3.8, 4) is 5.75 Å². The summed E-state index contributed by atoms with van der Waals surface area (Å²) in [6.07, 6.45) is 9.91. The zero-order valence-electron chi connectivity index (χ0n) is 33.1. The minimum absolute atomic E-state index is 0.000671. The predicted molar refractivity (Wildman–Crippen MR) is 218 cm³/mol. The first-order valence-electron chi connectivity index (χ1n) is 20.2. The van der Waals surface area contributed by atoms with Crippen molar-refractivity contribution < 1.29 is 24.5 Å². The van der Waals surface area contributed by atoms with Crippen LogP contribution in [-0.2, 0) is 6.42 Å². The SMILES string of the molecule is COc1ccc(NC(=O)N(C[C@@H]2CC[C@H]3C[C@@H]2C3(C)C)C[C@]2(O)CC[C@H]3c4ccc(cc4C(=O)c4ccc(C)s4)C[C@@H](O)CCC(C)=CCC[C@@]32C)cc1. The van der Waals surface area contributed by atoms with E-state index in [1.807, 2.05) is 54.3 Å². The van der Waals surface area contributed by atoms with Gasteiger partial charge >= 0.3 is 6.03 Å². The van der Waals surface area contributed by atoms with Gasteiger partial charge in [-0.05, 0) is 161 Å². The summed E-state index contributed by atoms with van der Waals surface area (Å²) in [6.45, 7) is 12.0. The molecule has 7 nitrogen and oxygen atoms in total. The average molecular weight is 753 g/mol. The van der Waals surface area contributed by atoms with Crippen LogP contribution < -0.4 is 10.1 Å². The predicted octanol–water partition coefficient (Wildman–Crippen LogP) is 9.94. The molecule has 4 bridgehead atoms. The number of carbonyl (C=O) groups excluding carboxylic acids is 2. The van der Waals surface area contributed by atoms with Gasteiger partial charge in [-0.15, -0.1) is 11.3 Å². The van der Waals surface area contributed by atoms with Crippen LogP contribution in [0.5, 0.6) is 5.75 Å². The number of thiophene rings is 1. The van der Waals surface area contributed by atoms with Crippen LogP contribution in [0, 0.1) is 35.5 Å². The molecule has 6 aliphatic carbocycles. The highest BCUT2D eigenvalue weighted by molar-refractivity contribution is 7.14. The Labute approximate surface area is 326 Å². The van der Waals surface area contributed by atoms with E-state index in [0.29, 0.717) is 66.6 Å². The molecule has 0 spiro atoms. The van der Waals surface area contributed by atoms with E-state index >= 15 is 0 Å². The molecule has 7 atom stereocenters. The molecule has 6 aliphatic rings. The van der Waals surface area contributed by atoms with Gasteiger partial charge < -0.3 is 25.2 Å².